The van der Waals surface area contributed by atoms with E-state index in [2.05, 4.69) is 23.2 Å². The lowest BCUT2D eigenvalue weighted by Gasteiger charge is -2.20. The number of ketones is 1. The molecule has 0 radical (unpaired) electrons. The van der Waals surface area contributed by atoms with Gasteiger partial charge in [0.25, 0.3) is 0 Å². The number of fused-ring (bicyclic) bond motifs is 1. The van der Waals surface area contributed by atoms with E-state index in [0.717, 1.165) is 35.4 Å². The number of Topliss-reactive ketones (excluding diaryl/α,β-unsaturated/α-hetero) is 1. The molecule has 2 nitrogen and oxygen atoms in total. The molecule has 1 unspecified atom stereocenters. The highest BCUT2D eigenvalue weighted by atomic mass is 32.1. The second-order valence-corrected chi connectivity index (χ2v) is 5.96. The molecule has 0 bridgehead atoms. The third kappa shape index (κ3) is 2.00. The summed E-state index contributed by atoms with van der Waals surface area (Å²) >= 11 is 1.71. The predicted molar refractivity (Wildman–Crippen MR) is 70.6 cm³/mol. The fourth-order valence-electron chi connectivity index (χ4n) is 2.61. The first-order valence-corrected chi connectivity index (χ1v) is 6.95. The van der Waals surface area contributed by atoms with Gasteiger partial charge in [-0.15, -0.1) is 11.3 Å². The smallest absolute Gasteiger partial charge is 0.140 e. The van der Waals surface area contributed by atoms with Crippen molar-refractivity contribution < 1.29 is 4.79 Å². The van der Waals surface area contributed by atoms with Gasteiger partial charge in [-0.25, -0.2) is 4.98 Å². The summed E-state index contributed by atoms with van der Waals surface area (Å²) in [5, 5.41) is 1.09. The predicted octanol–water partition coefficient (Wildman–Crippen LogP) is 3.83. The molecule has 3 rings (SSSR count). The fraction of sp³-hybridized carbons (Fsp3) is 0.429. The monoisotopic (exact) mass is 245 g/mol. The van der Waals surface area contributed by atoms with Crippen molar-refractivity contribution in [2.24, 2.45) is 0 Å². The molecule has 0 N–H and O–H groups in total. The van der Waals surface area contributed by atoms with E-state index >= 15 is 0 Å². The first kappa shape index (κ1) is 10.9. The van der Waals surface area contributed by atoms with Gasteiger partial charge in [-0.2, -0.15) is 0 Å². The average Bonchev–Trinajstić information content (AvgIpc) is 2.68. The van der Waals surface area contributed by atoms with Crippen LogP contribution in [0.5, 0.6) is 0 Å². The van der Waals surface area contributed by atoms with E-state index in [9.17, 15) is 4.79 Å². The van der Waals surface area contributed by atoms with Crippen molar-refractivity contribution in [2.45, 2.75) is 38.5 Å². The minimum Gasteiger partial charge on any atom is -0.299 e. The van der Waals surface area contributed by atoms with Crippen molar-refractivity contribution >= 4 is 27.3 Å². The second kappa shape index (κ2) is 4.22. The molecule has 2 aromatic rings. The van der Waals surface area contributed by atoms with Crippen LogP contribution in [-0.2, 0) is 4.79 Å². The SMILES string of the molecule is Cc1nc2cc(C3CCCCC3=O)ccc2s1. The van der Waals surface area contributed by atoms with Crippen molar-refractivity contribution in [3.05, 3.63) is 28.8 Å². The van der Waals surface area contributed by atoms with Crippen LogP contribution in [0.2, 0.25) is 0 Å². The lowest BCUT2D eigenvalue weighted by molar-refractivity contribution is -0.121. The molecule has 1 heterocycles. The molecule has 88 valence electrons. The van der Waals surface area contributed by atoms with Crippen LogP contribution < -0.4 is 0 Å². The Hall–Kier alpha value is -1.22. The van der Waals surface area contributed by atoms with E-state index in [-0.39, 0.29) is 5.92 Å². The van der Waals surface area contributed by atoms with Gasteiger partial charge in [0.2, 0.25) is 0 Å². The molecule has 1 aromatic carbocycles. The fourth-order valence-corrected chi connectivity index (χ4v) is 3.42. The topological polar surface area (TPSA) is 30.0 Å². The maximum absolute atomic E-state index is 11.9. The number of hydrogen-bond donors (Lipinski definition) is 0. The molecule has 1 saturated carbocycles. The Kier molecular flexibility index (Phi) is 2.71. The van der Waals surface area contributed by atoms with E-state index in [1.165, 1.54) is 11.1 Å². The van der Waals surface area contributed by atoms with Crippen LogP contribution in [0.3, 0.4) is 0 Å². The van der Waals surface area contributed by atoms with Crippen molar-refractivity contribution in [3.63, 3.8) is 0 Å². The van der Waals surface area contributed by atoms with Crippen molar-refractivity contribution in [3.8, 4) is 0 Å². The van der Waals surface area contributed by atoms with Crippen molar-refractivity contribution in [2.75, 3.05) is 0 Å². The summed E-state index contributed by atoms with van der Waals surface area (Å²) in [7, 11) is 0. The van der Waals surface area contributed by atoms with Crippen LogP contribution in [0.4, 0.5) is 0 Å². The van der Waals surface area contributed by atoms with Gasteiger partial charge < -0.3 is 0 Å². The van der Waals surface area contributed by atoms with E-state index < -0.39 is 0 Å². The maximum atomic E-state index is 11.9. The number of carbonyl (C=O) groups is 1. The zero-order valence-corrected chi connectivity index (χ0v) is 10.7. The molecule has 17 heavy (non-hydrogen) atoms. The molecular formula is C14H15NOS. The standard InChI is InChI=1S/C14H15NOS/c1-9-15-12-8-10(6-7-14(12)17-9)11-4-2-3-5-13(11)16/h6-8,11H,2-5H2,1H3. The third-order valence-electron chi connectivity index (χ3n) is 3.48. The van der Waals surface area contributed by atoms with Crippen LogP contribution in [0.1, 0.15) is 42.2 Å². The Morgan fingerprint density at radius 1 is 1.35 bits per heavy atom. The van der Waals surface area contributed by atoms with E-state index in [1.54, 1.807) is 11.3 Å². The Morgan fingerprint density at radius 3 is 3.06 bits per heavy atom. The Labute approximate surface area is 105 Å². The number of thiazole rings is 1. The Bertz CT molecular complexity index is 573. The average molecular weight is 245 g/mol. The van der Waals surface area contributed by atoms with Gasteiger partial charge in [0, 0.05) is 12.3 Å². The minimum atomic E-state index is 0.121. The first-order chi connectivity index (χ1) is 8.24. The zero-order chi connectivity index (χ0) is 11.8. The Morgan fingerprint density at radius 2 is 2.24 bits per heavy atom. The first-order valence-electron chi connectivity index (χ1n) is 6.14. The number of aromatic nitrogens is 1. The van der Waals surface area contributed by atoms with Gasteiger partial charge in [0.05, 0.1) is 15.2 Å². The summed E-state index contributed by atoms with van der Waals surface area (Å²) < 4.78 is 1.22. The molecule has 1 atom stereocenters. The van der Waals surface area contributed by atoms with E-state index in [0.29, 0.717) is 5.78 Å². The van der Waals surface area contributed by atoms with Crippen LogP contribution in [0.25, 0.3) is 10.2 Å². The highest BCUT2D eigenvalue weighted by molar-refractivity contribution is 7.18. The van der Waals surface area contributed by atoms with Crippen molar-refractivity contribution in [1.82, 2.24) is 4.98 Å². The van der Waals surface area contributed by atoms with Gasteiger partial charge in [-0.3, -0.25) is 4.79 Å². The molecule has 0 spiro atoms. The number of rotatable bonds is 1. The second-order valence-electron chi connectivity index (χ2n) is 4.72. The van der Waals surface area contributed by atoms with Crippen LogP contribution in [0.15, 0.2) is 18.2 Å². The van der Waals surface area contributed by atoms with Crippen LogP contribution >= 0.6 is 11.3 Å². The van der Waals surface area contributed by atoms with Crippen molar-refractivity contribution in [1.29, 1.82) is 0 Å². The lowest BCUT2D eigenvalue weighted by Crippen LogP contribution is -2.16. The molecule has 0 saturated heterocycles. The number of aryl methyl sites for hydroxylation is 1. The molecule has 1 aliphatic rings. The normalized spacial score (nSPS) is 21.0. The summed E-state index contributed by atoms with van der Waals surface area (Å²) in [4.78, 5) is 16.4. The van der Waals surface area contributed by atoms with Gasteiger partial charge in [-0.1, -0.05) is 12.5 Å². The molecule has 0 aliphatic heterocycles. The highest BCUT2D eigenvalue weighted by Crippen LogP contribution is 2.32. The third-order valence-corrected chi connectivity index (χ3v) is 4.43. The Balaban J connectivity index is 2.01. The van der Waals surface area contributed by atoms with Crippen LogP contribution in [0, 0.1) is 6.92 Å². The summed E-state index contributed by atoms with van der Waals surface area (Å²) in [6.07, 6.45) is 3.99. The molecule has 1 fully saturated rings. The molecule has 0 amide bonds. The van der Waals surface area contributed by atoms with Gasteiger partial charge in [-0.05, 0) is 37.5 Å². The molecular weight excluding hydrogens is 230 g/mol. The summed E-state index contributed by atoms with van der Waals surface area (Å²) in [5.74, 6) is 0.526. The van der Waals surface area contributed by atoms with Gasteiger partial charge >= 0.3 is 0 Å². The molecule has 1 aromatic heterocycles. The number of carbonyl (C=O) groups excluding carboxylic acids is 1. The summed E-state index contributed by atoms with van der Waals surface area (Å²) in [5.41, 5.74) is 2.20. The number of nitrogens with zero attached hydrogens (tertiary/aromatic N) is 1. The van der Waals surface area contributed by atoms with Gasteiger partial charge in [0.15, 0.2) is 0 Å². The summed E-state index contributed by atoms with van der Waals surface area (Å²) in [6.45, 7) is 2.02. The molecule has 3 heteroatoms. The van der Waals surface area contributed by atoms with E-state index in [4.69, 9.17) is 0 Å². The zero-order valence-electron chi connectivity index (χ0n) is 9.90. The van der Waals surface area contributed by atoms with Gasteiger partial charge in [0.1, 0.15) is 5.78 Å². The number of benzene rings is 1. The minimum absolute atomic E-state index is 0.121. The quantitative estimate of drug-likeness (QED) is 0.764. The van der Waals surface area contributed by atoms with E-state index in [1.807, 2.05) is 6.92 Å². The highest BCUT2D eigenvalue weighted by Gasteiger charge is 2.24. The largest absolute Gasteiger partial charge is 0.299 e. The molecule has 1 aliphatic carbocycles. The summed E-state index contributed by atoms with van der Waals surface area (Å²) in [6, 6.07) is 6.32. The van der Waals surface area contributed by atoms with Crippen LogP contribution in [-0.4, -0.2) is 10.8 Å². The lowest BCUT2D eigenvalue weighted by atomic mass is 9.83. The number of hydrogen-bond acceptors (Lipinski definition) is 3. The maximum Gasteiger partial charge on any atom is 0.140 e.